The van der Waals surface area contributed by atoms with Crippen LogP contribution in [0.1, 0.15) is 31.2 Å². The summed E-state index contributed by atoms with van der Waals surface area (Å²) in [7, 11) is -1.75. The second-order valence-electron chi connectivity index (χ2n) is 9.94. The highest BCUT2D eigenvalue weighted by atomic mass is 35.5. The predicted octanol–water partition coefficient (Wildman–Crippen LogP) is 3.87. The summed E-state index contributed by atoms with van der Waals surface area (Å²) < 4.78 is 40.8. The summed E-state index contributed by atoms with van der Waals surface area (Å²) in [5, 5.41) is 4.94. The number of ether oxygens (including phenoxy) is 2. The van der Waals surface area contributed by atoms with Crippen LogP contribution in [0.2, 0.25) is 5.02 Å². The molecule has 0 spiro atoms. The normalized spacial score (nSPS) is 20.6. The minimum atomic E-state index is -3.47. The van der Waals surface area contributed by atoms with Crippen LogP contribution in [0.5, 0.6) is 5.75 Å². The van der Waals surface area contributed by atoms with E-state index in [-0.39, 0.29) is 29.3 Å². The Balaban J connectivity index is 1.38. The second kappa shape index (κ2) is 12.1. The lowest BCUT2D eigenvalue weighted by Crippen LogP contribution is -2.49. The zero-order valence-corrected chi connectivity index (χ0v) is 23.5. The van der Waals surface area contributed by atoms with Gasteiger partial charge in [-0.1, -0.05) is 48.0 Å². The summed E-state index contributed by atoms with van der Waals surface area (Å²) in [4.78, 5) is 15.7. The van der Waals surface area contributed by atoms with Crippen LogP contribution in [-0.2, 0) is 20.5 Å². The van der Waals surface area contributed by atoms with Crippen molar-refractivity contribution in [2.24, 2.45) is 0 Å². The Hall–Kier alpha value is -2.92. The van der Waals surface area contributed by atoms with Crippen LogP contribution in [-0.4, -0.2) is 68.0 Å². The molecule has 5 rings (SSSR count). The SMILES string of the molecule is COC1CCC(Oc2c(N3CCN(S(=O)(=O)Cc4ccccc4)CC3)cnn(-c3cccc(Cl)c3)c2=O)CC1. The summed E-state index contributed by atoms with van der Waals surface area (Å²) in [5.74, 6) is 0.190. The molecule has 3 aromatic rings. The predicted molar refractivity (Wildman–Crippen MR) is 151 cm³/mol. The molecular weight excluding hydrogens is 540 g/mol. The fourth-order valence-corrected chi connectivity index (χ4v) is 6.89. The third-order valence-corrected chi connectivity index (χ3v) is 9.46. The molecule has 0 unspecified atom stereocenters. The average Bonchev–Trinajstić information content (AvgIpc) is 2.95. The lowest BCUT2D eigenvalue weighted by molar-refractivity contribution is 0.0323. The first-order chi connectivity index (χ1) is 18.8. The number of anilines is 1. The molecule has 1 aliphatic carbocycles. The zero-order valence-electron chi connectivity index (χ0n) is 21.9. The summed E-state index contributed by atoms with van der Waals surface area (Å²) >= 11 is 6.18. The number of methoxy groups -OCH3 is 1. The Bertz CT molecular complexity index is 1430. The van der Waals surface area contributed by atoms with Gasteiger partial charge in [-0.15, -0.1) is 0 Å². The van der Waals surface area contributed by atoms with Crippen LogP contribution in [0.25, 0.3) is 5.69 Å². The van der Waals surface area contributed by atoms with Crippen LogP contribution in [0.3, 0.4) is 0 Å². The van der Waals surface area contributed by atoms with E-state index in [4.69, 9.17) is 21.1 Å². The molecule has 1 saturated heterocycles. The van der Waals surface area contributed by atoms with Gasteiger partial charge in [0.2, 0.25) is 15.8 Å². The number of halogens is 1. The number of nitrogens with zero attached hydrogens (tertiary/aromatic N) is 4. The van der Waals surface area contributed by atoms with Crippen LogP contribution < -0.4 is 15.2 Å². The second-order valence-corrected chi connectivity index (χ2v) is 12.3. The highest BCUT2D eigenvalue weighted by Gasteiger charge is 2.31. The van der Waals surface area contributed by atoms with Crippen molar-refractivity contribution < 1.29 is 17.9 Å². The molecule has 0 bridgehead atoms. The molecule has 0 amide bonds. The van der Waals surface area contributed by atoms with Crippen LogP contribution >= 0.6 is 11.6 Å². The van der Waals surface area contributed by atoms with E-state index in [0.29, 0.717) is 42.6 Å². The third kappa shape index (κ3) is 6.46. The van der Waals surface area contributed by atoms with E-state index in [1.165, 1.54) is 8.99 Å². The van der Waals surface area contributed by atoms with Gasteiger partial charge >= 0.3 is 5.56 Å². The minimum absolute atomic E-state index is 0.0381. The third-order valence-electron chi connectivity index (χ3n) is 7.37. The first-order valence-electron chi connectivity index (χ1n) is 13.2. The topological polar surface area (TPSA) is 94.0 Å². The Kier molecular flexibility index (Phi) is 8.56. The number of sulfonamides is 1. The van der Waals surface area contributed by atoms with Crippen molar-refractivity contribution in [3.8, 4) is 11.4 Å². The maximum absolute atomic E-state index is 13.7. The molecule has 39 heavy (non-hydrogen) atoms. The largest absolute Gasteiger partial charge is 0.483 e. The van der Waals surface area contributed by atoms with Crippen molar-refractivity contribution in [3.05, 3.63) is 81.7 Å². The van der Waals surface area contributed by atoms with Gasteiger partial charge in [0.05, 0.1) is 29.8 Å². The van der Waals surface area contributed by atoms with E-state index in [1.54, 1.807) is 37.6 Å². The smallest absolute Gasteiger partial charge is 0.316 e. The highest BCUT2D eigenvalue weighted by molar-refractivity contribution is 7.88. The number of hydrogen-bond acceptors (Lipinski definition) is 7. The van der Waals surface area contributed by atoms with Gasteiger partial charge in [-0.2, -0.15) is 14.1 Å². The Morgan fingerprint density at radius 1 is 0.949 bits per heavy atom. The standard InChI is InChI=1S/C28H33ClN4O5S/c1-37-24-10-12-25(13-11-24)38-27-26(19-30-33(28(27)34)23-9-5-8-22(29)18-23)31-14-16-32(17-15-31)39(35,36)20-21-6-3-2-4-7-21/h2-9,18-19,24-25H,10-17,20H2,1H3. The molecule has 1 aliphatic heterocycles. The van der Waals surface area contributed by atoms with Gasteiger partial charge < -0.3 is 14.4 Å². The molecule has 0 atom stereocenters. The molecule has 0 N–H and O–H groups in total. The summed E-state index contributed by atoms with van der Waals surface area (Å²) in [5.41, 5.74) is 1.51. The zero-order chi connectivity index (χ0) is 27.4. The van der Waals surface area contributed by atoms with E-state index in [0.717, 1.165) is 31.2 Å². The maximum atomic E-state index is 13.7. The Morgan fingerprint density at radius 2 is 1.64 bits per heavy atom. The van der Waals surface area contributed by atoms with Crippen molar-refractivity contribution in [3.63, 3.8) is 0 Å². The first kappa shape index (κ1) is 27.6. The molecule has 2 fully saturated rings. The molecule has 2 aromatic carbocycles. The average molecular weight is 573 g/mol. The highest BCUT2D eigenvalue weighted by Crippen LogP contribution is 2.31. The van der Waals surface area contributed by atoms with Crippen LogP contribution in [0.15, 0.2) is 65.6 Å². The number of hydrogen-bond donors (Lipinski definition) is 0. The van der Waals surface area contributed by atoms with Crippen LogP contribution in [0, 0.1) is 0 Å². The fraction of sp³-hybridized carbons (Fsp3) is 0.429. The lowest BCUT2D eigenvalue weighted by Gasteiger charge is -2.36. The van der Waals surface area contributed by atoms with Crippen molar-refractivity contribution in [1.29, 1.82) is 0 Å². The molecular formula is C28H33ClN4O5S. The number of rotatable bonds is 8. The first-order valence-corrected chi connectivity index (χ1v) is 15.2. The van der Waals surface area contributed by atoms with Gasteiger partial charge in [0.25, 0.3) is 0 Å². The van der Waals surface area contributed by atoms with Gasteiger partial charge in [-0.05, 0) is 49.4 Å². The molecule has 11 heteroatoms. The number of piperazine rings is 1. The van der Waals surface area contributed by atoms with E-state index in [2.05, 4.69) is 5.10 Å². The van der Waals surface area contributed by atoms with Crippen molar-refractivity contribution in [2.45, 2.75) is 43.6 Å². The van der Waals surface area contributed by atoms with Crippen molar-refractivity contribution in [2.75, 3.05) is 38.2 Å². The van der Waals surface area contributed by atoms with Gasteiger partial charge in [0, 0.05) is 38.3 Å². The molecule has 2 aliphatic rings. The summed E-state index contributed by atoms with van der Waals surface area (Å²) in [6.45, 7) is 1.46. The molecule has 9 nitrogen and oxygen atoms in total. The molecule has 0 radical (unpaired) electrons. The number of aromatic nitrogens is 2. The molecule has 2 heterocycles. The summed E-state index contributed by atoms with van der Waals surface area (Å²) in [6.07, 6.45) is 5.00. The van der Waals surface area contributed by atoms with Gasteiger partial charge in [0.1, 0.15) is 5.69 Å². The maximum Gasteiger partial charge on any atom is 0.316 e. The minimum Gasteiger partial charge on any atom is -0.483 e. The Labute approximate surface area is 234 Å². The van der Waals surface area contributed by atoms with Gasteiger partial charge in [-0.25, -0.2) is 8.42 Å². The van der Waals surface area contributed by atoms with Crippen molar-refractivity contribution in [1.82, 2.24) is 14.1 Å². The molecule has 1 aromatic heterocycles. The fourth-order valence-electron chi connectivity index (χ4n) is 5.19. The number of benzene rings is 2. The Morgan fingerprint density at radius 3 is 2.31 bits per heavy atom. The lowest BCUT2D eigenvalue weighted by atomic mass is 9.95. The monoisotopic (exact) mass is 572 g/mol. The molecule has 208 valence electrons. The summed E-state index contributed by atoms with van der Waals surface area (Å²) in [6, 6.07) is 16.1. The van der Waals surface area contributed by atoms with E-state index >= 15 is 0 Å². The quantitative estimate of drug-likeness (QED) is 0.404. The van der Waals surface area contributed by atoms with Crippen LogP contribution in [0.4, 0.5) is 5.69 Å². The van der Waals surface area contributed by atoms with E-state index in [1.807, 2.05) is 35.2 Å². The van der Waals surface area contributed by atoms with E-state index < -0.39 is 10.0 Å². The molecule has 1 saturated carbocycles. The van der Waals surface area contributed by atoms with Crippen molar-refractivity contribution >= 4 is 27.3 Å². The van der Waals surface area contributed by atoms with E-state index in [9.17, 15) is 13.2 Å². The van der Waals surface area contributed by atoms with Gasteiger partial charge in [-0.3, -0.25) is 4.79 Å². The van der Waals surface area contributed by atoms with Gasteiger partial charge in [0.15, 0.2) is 0 Å².